The third kappa shape index (κ3) is 9.33. The quantitative estimate of drug-likeness (QED) is 0.0358. The van der Waals surface area contributed by atoms with Gasteiger partial charge in [0.15, 0.2) is 5.65 Å². The maximum absolute atomic E-state index is 16.1. The summed E-state index contributed by atoms with van der Waals surface area (Å²) in [5, 5.41) is 0. The molecule has 0 radical (unpaired) electrons. The molecule has 0 amide bonds. The van der Waals surface area contributed by atoms with E-state index in [1.54, 1.807) is 14.2 Å². The Hall–Kier alpha value is -4.57. The van der Waals surface area contributed by atoms with Crippen LogP contribution in [0.1, 0.15) is 50.2 Å². The van der Waals surface area contributed by atoms with E-state index in [1.165, 1.54) is 17.1 Å². The molecule has 0 saturated heterocycles. The molecule has 0 fully saturated rings. The summed E-state index contributed by atoms with van der Waals surface area (Å²) in [6.07, 6.45) is 2.79. The van der Waals surface area contributed by atoms with Crippen LogP contribution < -0.4 is 9.47 Å². The third-order valence-corrected chi connectivity index (χ3v) is 10.6. The molecule has 1 unspecified atom stereocenters. The number of benzene rings is 3. The minimum atomic E-state index is -3.38. The lowest BCUT2D eigenvalue weighted by molar-refractivity contribution is -0.0603. The van der Waals surface area contributed by atoms with E-state index in [-0.39, 0.29) is 43.3 Å². The number of imidazole rings is 1. The standard InChI is InChI=1S/C39H45F2N6O5P/c1-28(2)47(29(3)4)53(51-22-21-42-5)52-26-38(40,41)25-46-36(45-35-23-43-27-44-37(35)46)24-50-39(30-11-9-8-10-12-30,31-13-17-33(48-6)18-14-31)32-15-19-34(49-7)20-16-32/h8-20,23,27-29H,21-22,24-26H2,1-4,6-7H3. The molecule has 0 saturated carbocycles. The molecule has 2 heterocycles. The number of fused-ring (bicyclic) bond motifs is 1. The summed E-state index contributed by atoms with van der Waals surface area (Å²) < 4.78 is 65.2. The molecule has 0 bridgehead atoms. The minimum Gasteiger partial charge on any atom is -0.497 e. The molecule has 14 heteroatoms. The molecule has 3 aromatic carbocycles. The van der Waals surface area contributed by atoms with E-state index < -0.39 is 33.2 Å². The lowest BCUT2D eigenvalue weighted by Gasteiger charge is -2.36. The minimum absolute atomic E-state index is 0.0398. The molecule has 0 N–H and O–H groups in total. The number of alkyl halides is 2. The van der Waals surface area contributed by atoms with Gasteiger partial charge in [-0.15, -0.1) is 0 Å². The van der Waals surface area contributed by atoms with Crippen LogP contribution in [0.2, 0.25) is 0 Å². The first-order valence-corrected chi connectivity index (χ1v) is 18.3. The number of hydrogen-bond acceptors (Lipinski definition) is 9. The van der Waals surface area contributed by atoms with Crippen molar-refractivity contribution in [2.24, 2.45) is 0 Å². The van der Waals surface area contributed by atoms with E-state index in [1.807, 2.05) is 111 Å². The second kappa shape index (κ2) is 18.0. The van der Waals surface area contributed by atoms with Gasteiger partial charge in [-0.3, -0.25) is 0 Å². The summed E-state index contributed by atoms with van der Waals surface area (Å²) in [6.45, 7) is 13.2. The lowest BCUT2D eigenvalue weighted by Crippen LogP contribution is -2.36. The van der Waals surface area contributed by atoms with Crippen molar-refractivity contribution in [2.45, 2.75) is 64.5 Å². The van der Waals surface area contributed by atoms with Crippen LogP contribution in [0.15, 0.2) is 91.4 Å². The Labute approximate surface area is 310 Å². The van der Waals surface area contributed by atoms with Gasteiger partial charge in [0.2, 0.25) is 6.54 Å². The first kappa shape index (κ1) is 39.6. The number of nitrogens with zero attached hydrogens (tertiary/aromatic N) is 6. The summed E-state index contributed by atoms with van der Waals surface area (Å²) in [5.41, 5.74) is 1.74. The number of hydrogen-bond donors (Lipinski definition) is 0. The van der Waals surface area contributed by atoms with Crippen molar-refractivity contribution in [2.75, 3.05) is 34.0 Å². The molecule has 0 aliphatic carbocycles. The van der Waals surface area contributed by atoms with Gasteiger partial charge in [-0.05, 0) is 68.7 Å². The Morgan fingerprint density at radius 1 is 0.849 bits per heavy atom. The average Bonchev–Trinajstić information content (AvgIpc) is 3.50. The van der Waals surface area contributed by atoms with Gasteiger partial charge in [-0.2, -0.15) is 0 Å². The second-order valence-corrected chi connectivity index (χ2v) is 14.2. The van der Waals surface area contributed by atoms with Crippen LogP contribution >= 0.6 is 8.53 Å². The fourth-order valence-corrected chi connectivity index (χ4v) is 7.82. The molecule has 0 spiro atoms. The first-order valence-electron chi connectivity index (χ1n) is 17.2. The lowest BCUT2D eigenvalue weighted by atomic mass is 9.80. The summed E-state index contributed by atoms with van der Waals surface area (Å²) in [5.74, 6) is -1.82. The van der Waals surface area contributed by atoms with Crippen LogP contribution in [0, 0.1) is 6.57 Å². The SMILES string of the molecule is [C-]#[N+]CCOP(OCC(F)(F)Cn1c(COC(c2ccccc2)(c2ccc(OC)cc2)c2ccc(OC)cc2)nc2cncnc21)N(C(C)C)C(C)C. The van der Waals surface area contributed by atoms with Gasteiger partial charge < -0.3 is 32.7 Å². The predicted molar refractivity (Wildman–Crippen MR) is 200 cm³/mol. The topological polar surface area (TPSA) is 97.4 Å². The van der Waals surface area contributed by atoms with Crippen molar-refractivity contribution in [3.8, 4) is 11.5 Å². The number of methoxy groups -OCH3 is 2. The maximum atomic E-state index is 16.1. The molecule has 5 aromatic rings. The molecule has 53 heavy (non-hydrogen) atoms. The van der Waals surface area contributed by atoms with Gasteiger partial charge in [0, 0.05) is 12.1 Å². The highest BCUT2D eigenvalue weighted by atomic mass is 31.2. The molecule has 0 aliphatic heterocycles. The predicted octanol–water partition coefficient (Wildman–Crippen LogP) is 8.29. The van der Waals surface area contributed by atoms with E-state index >= 15 is 8.78 Å². The average molecular weight is 747 g/mol. The smallest absolute Gasteiger partial charge is 0.289 e. The zero-order chi connectivity index (χ0) is 38.0. The zero-order valence-electron chi connectivity index (χ0n) is 30.8. The fourth-order valence-electron chi connectivity index (χ4n) is 6.18. The Kier molecular flexibility index (Phi) is 13.4. The van der Waals surface area contributed by atoms with Crippen LogP contribution in [-0.4, -0.2) is 76.2 Å². The Morgan fingerprint density at radius 3 is 1.98 bits per heavy atom. The largest absolute Gasteiger partial charge is 0.497 e. The van der Waals surface area contributed by atoms with E-state index in [0.29, 0.717) is 17.0 Å². The summed E-state index contributed by atoms with van der Waals surface area (Å²) in [4.78, 5) is 16.5. The van der Waals surface area contributed by atoms with Gasteiger partial charge >= 0.3 is 0 Å². The van der Waals surface area contributed by atoms with E-state index in [4.69, 9.17) is 34.8 Å². The fraction of sp³-hybridized carbons (Fsp3) is 0.385. The van der Waals surface area contributed by atoms with Crippen molar-refractivity contribution in [1.29, 1.82) is 0 Å². The van der Waals surface area contributed by atoms with Crippen molar-refractivity contribution in [1.82, 2.24) is 24.2 Å². The van der Waals surface area contributed by atoms with Gasteiger partial charge in [-0.1, -0.05) is 54.6 Å². The van der Waals surface area contributed by atoms with E-state index in [2.05, 4.69) is 14.8 Å². The highest BCUT2D eigenvalue weighted by molar-refractivity contribution is 7.44. The highest BCUT2D eigenvalue weighted by Crippen LogP contribution is 2.47. The van der Waals surface area contributed by atoms with Gasteiger partial charge in [0.25, 0.3) is 14.4 Å². The van der Waals surface area contributed by atoms with Gasteiger partial charge in [-0.25, -0.2) is 35.0 Å². The zero-order valence-corrected chi connectivity index (χ0v) is 31.7. The van der Waals surface area contributed by atoms with Crippen molar-refractivity contribution in [3.63, 3.8) is 0 Å². The van der Waals surface area contributed by atoms with Crippen LogP contribution in [0.3, 0.4) is 0 Å². The molecule has 1 atom stereocenters. The summed E-state index contributed by atoms with van der Waals surface area (Å²) in [7, 11) is 1.32. The normalized spacial score (nSPS) is 12.8. The summed E-state index contributed by atoms with van der Waals surface area (Å²) >= 11 is 0. The van der Waals surface area contributed by atoms with Crippen molar-refractivity contribution < 1.29 is 32.0 Å². The monoisotopic (exact) mass is 746 g/mol. The van der Waals surface area contributed by atoms with Crippen LogP contribution in [0.4, 0.5) is 8.78 Å². The molecule has 2 aromatic heterocycles. The third-order valence-electron chi connectivity index (χ3n) is 8.51. The maximum Gasteiger partial charge on any atom is 0.289 e. The molecular formula is C39H45F2N6O5P. The highest BCUT2D eigenvalue weighted by Gasteiger charge is 2.40. The Balaban J connectivity index is 1.53. The first-order chi connectivity index (χ1) is 25.5. The molecular weight excluding hydrogens is 701 g/mol. The second-order valence-electron chi connectivity index (χ2n) is 12.8. The number of ether oxygens (including phenoxy) is 3. The van der Waals surface area contributed by atoms with Gasteiger partial charge in [0.05, 0.1) is 27.0 Å². The summed E-state index contributed by atoms with van der Waals surface area (Å²) in [6, 6.07) is 24.7. The van der Waals surface area contributed by atoms with E-state index in [9.17, 15) is 0 Å². The van der Waals surface area contributed by atoms with Crippen LogP contribution in [0.5, 0.6) is 11.5 Å². The van der Waals surface area contributed by atoms with Crippen LogP contribution in [0.25, 0.3) is 16.0 Å². The number of rotatable bonds is 19. The molecule has 11 nitrogen and oxygen atoms in total. The van der Waals surface area contributed by atoms with Crippen molar-refractivity contribution >= 4 is 19.7 Å². The number of aromatic nitrogens is 4. The molecule has 0 aliphatic rings. The number of halogens is 2. The molecule has 280 valence electrons. The molecule has 5 rings (SSSR count). The Bertz CT molecular complexity index is 1880. The van der Waals surface area contributed by atoms with Gasteiger partial charge in [0.1, 0.15) is 54.6 Å². The van der Waals surface area contributed by atoms with Crippen molar-refractivity contribution in [3.05, 3.63) is 125 Å². The van der Waals surface area contributed by atoms with Crippen LogP contribution in [-0.2, 0) is 32.5 Å². The Morgan fingerprint density at radius 2 is 1.43 bits per heavy atom. The van der Waals surface area contributed by atoms with E-state index in [0.717, 1.165) is 16.7 Å².